The van der Waals surface area contributed by atoms with Crippen LogP contribution in [0.25, 0.3) is 5.65 Å². The number of piperidine rings is 1. The molecule has 0 aliphatic carbocycles. The summed E-state index contributed by atoms with van der Waals surface area (Å²) in [6, 6.07) is 3.91. The van der Waals surface area contributed by atoms with Crippen LogP contribution in [-0.2, 0) is 4.79 Å². The van der Waals surface area contributed by atoms with Crippen molar-refractivity contribution in [1.29, 1.82) is 0 Å². The zero-order valence-electron chi connectivity index (χ0n) is 14.6. The monoisotopic (exact) mass is 330 g/mol. The fraction of sp³-hybridized carbons (Fsp3) is 0.647. The Morgan fingerprint density at radius 1 is 1.21 bits per heavy atom. The molecule has 1 amide bonds. The lowest BCUT2D eigenvalue weighted by molar-refractivity contribution is -0.136. The van der Waals surface area contributed by atoms with Gasteiger partial charge in [0.15, 0.2) is 5.65 Å². The second kappa shape index (κ2) is 7.59. The molecular formula is C17H26N6O. The van der Waals surface area contributed by atoms with Crippen molar-refractivity contribution in [2.75, 3.05) is 31.1 Å². The van der Waals surface area contributed by atoms with Gasteiger partial charge < -0.3 is 9.80 Å². The predicted molar refractivity (Wildman–Crippen MR) is 92.9 cm³/mol. The van der Waals surface area contributed by atoms with E-state index in [2.05, 4.69) is 34.0 Å². The third-order valence-electron chi connectivity index (χ3n) is 4.61. The van der Waals surface area contributed by atoms with Gasteiger partial charge in [-0.25, -0.2) is 0 Å². The Morgan fingerprint density at radius 2 is 1.92 bits per heavy atom. The fourth-order valence-corrected chi connectivity index (χ4v) is 3.37. The maximum absolute atomic E-state index is 12.7. The third-order valence-corrected chi connectivity index (χ3v) is 4.61. The molecule has 1 aliphatic heterocycles. The molecule has 0 spiro atoms. The molecule has 0 saturated carbocycles. The highest BCUT2D eigenvalue weighted by molar-refractivity contribution is 5.79. The van der Waals surface area contributed by atoms with Crippen molar-refractivity contribution in [3.05, 3.63) is 18.5 Å². The van der Waals surface area contributed by atoms with Gasteiger partial charge in [-0.15, -0.1) is 15.3 Å². The molecule has 3 rings (SSSR count). The SMILES string of the molecule is CCCN(CCC)C(=O)C1CCN(c2ccc3nncn3n2)CC1. The van der Waals surface area contributed by atoms with E-state index in [1.54, 1.807) is 10.8 Å². The summed E-state index contributed by atoms with van der Waals surface area (Å²) in [6.07, 6.45) is 5.44. The topological polar surface area (TPSA) is 66.6 Å². The Morgan fingerprint density at radius 3 is 2.58 bits per heavy atom. The summed E-state index contributed by atoms with van der Waals surface area (Å²) in [5.41, 5.74) is 0.749. The lowest BCUT2D eigenvalue weighted by atomic mass is 9.95. The van der Waals surface area contributed by atoms with Crippen molar-refractivity contribution < 1.29 is 4.79 Å². The molecule has 3 heterocycles. The second-order valence-electron chi connectivity index (χ2n) is 6.41. The van der Waals surface area contributed by atoms with Crippen molar-refractivity contribution in [3.63, 3.8) is 0 Å². The van der Waals surface area contributed by atoms with Gasteiger partial charge in [-0.05, 0) is 37.8 Å². The maximum atomic E-state index is 12.7. The highest BCUT2D eigenvalue weighted by Crippen LogP contribution is 2.23. The summed E-state index contributed by atoms with van der Waals surface area (Å²) in [4.78, 5) is 17.0. The molecule has 1 aliphatic rings. The molecule has 2 aromatic rings. The predicted octanol–water partition coefficient (Wildman–Crippen LogP) is 1.99. The minimum Gasteiger partial charge on any atom is -0.355 e. The van der Waals surface area contributed by atoms with Gasteiger partial charge in [-0.2, -0.15) is 4.52 Å². The maximum Gasteiger partial charge on any atom is 0.225 e. The Kier molecular flexibility index (Phi) is 5.27. The van der Waals surface area contributed by atoms with Gasteiger partial charge in [0.2, 0.25) is 5.91 Å². The van der Waals surface area contributed by atoms with Crippen molar-refractivity contribution in [2.45, 2.75) is 39.5 Å². The molecule has 2 aromatic heterocycles. The van der Waals surface area contributed by atoms with E-state index >= 15 is 0 Å². The average Bonchev–Trinajstić information content (AvgIpc) is 3.09. The zero-order chi connectivity index (χ0) is 16.9. The van der Waals surface area contributed by atoms with Gasteiger partial charge in [0.1, 0.15) is 12.1 Å². The molecule has 0 bridgehead atoms. The molecule has 130 valence electrons. The largest absolute Gasteiger partial charge is 0.355 e. The molecule has 0 aromatic carbocycles. The summed E-state index contributed by atoms with van der Waals surface area (Å²) >= 11 is 0. The number of hydrogen-bond acceptors (Lipinski definition) is 5. The number of carbonyl (C=O) groups excluding carboxylic acids is 1. The number of nitrogens with zero attached hydrogens (tertiary/aromatic N) is 6. The highest BCUT2D eigenvalue weighted by atomic mass is 16.2. The molecule has 0 radical (unpaired) electrons. The van der Waals surface area contributed by atoms with E-state index in [1.807, 2.05) is 17.0 Å². The van der Waals surface area contributed by atoms with Crippen LogP contribution in [0.3, 0.4) is 0 Å². The van der Waals surface area contributed by atoms with E-state index in [4.69, 9.17) is 0 Å². The van der Waals surface area contributed by atoms with Gasteiger partial charge in [-0.3, -0.25) is 4.79 Å². The van der Waals surface area contributed by atoms with Crippen LogP contribution in [0.4, 0.5) is 5.82 Å². The third kappa shape index (κ3) is 3.49. The fourth-order valence-electron chi connectivity index (χ4n) is 3.37. The molecule has 1 fully saturated rings. The number of carbonyl (C=O) groups is 1. The lowest BCUT2D eigenvalue weighted by Crippen LogP contribution is -2.43. The molecule has 0 N–H and O–H groups in total. The normalized spacial score (nSPS) is 15.8. The molecule has 24 heavy (non-hydrogen) atoms. The number of anilines is 1. The van der Waals surface area contributed by atoms with E-state index in [9.17, 15) is 4.79 Å². The van der Waals surface area contributed by atoms with E-state index < -0.39 is 0 Å². The smallest absolute Gasteiger partial charge is 0.225 e. The average molecular weight is 330 g/mol. The van der Waals surface area contributed by atoms with Crippen LogP contribution in [0.15, 0.2) is 18.5 Å². The van der Waals surface area contributed by atoms with Crippen LogP contribution in [0.2, 0.25) is 0 Å². The van der Waals surface area contributed by atoms with Crippen molar-refractivity contribution in [2.24, 2.45) is 5.92 Å². The number of hydrogen-bond donors (Lipinski definition) is 0. The number of rotatable bonds is 6. The zero-order valence-corrected chi connectivity index (χ0v) is 14.6. The van der Waals surface area contributed by atoms with E-state index in [1.165, 1.54) is 0 Å². The van der Waals surface area contributed by atoms with Gasteiger partial charge in [0.05, 0.1) is 0 Å². The van der Waals surface area contributed by atoms with Gasteiger partial charge in [0.25, 0.3) is 0 Å². The minimum absolute atomic E-state index is 0.151. The van der Waals surface area contributed by atoms with Crippen LogP contribution >= 0.6 is 0 Å². The first-order chi connectivity index (χ1) is 11.7. The van der Waals surface area contributed by atoms with Crippen LogP contribution in [0.1, 0.15) is 39.5 Å². The van der Waals surface area contributed by atoms with Crippen molar-refractivity contribution >= 4 is 17.4 Å². The molecule has 0 unspecified atom stereocenters. The molecule has 7 nitrogen and oxygen atoms in total. The lowest BCUT2D eigenvalue weighted by Gasteiger charge is -2.34. The van der Waals surface area contributed by atoms with E-state index in [0.29, 0.717) is 5.91 Å². The first kappa shape index (κ1) is 16.7. The molecular weight excluding hydrogens is 304 g/mol. The number of fused-ring (bicyclic) bond motifs is 1. The first-order valence-electron chi connectivity index (χ1n) is 8.93. The van der Waals surface area contributed by atoms with Crippen molar-refractivity contribution in [1.82, 2.24) is 24.7 Å². The molecule has 7 heteroatoms. The highest BCUT2D eigenvalue weighted by Gasteiger charge is 2.28. The van der Waals surface area contributed by atoms with E-state index in [-0.39, 0.29) is 5.92 Å². The Balaban J connectivity index is 1.61. The summed E-state index contributed by atoms with van der Waals surface area (Å²) in [6.45, 7) is 7.74. The Labute approximate surface area is 142 Å². The summed E-state index contributed by atoms with van der Waals surface area (Å²) < 4.78 is 1.69. The summed E-state index contributed by atoms with van der Waals surface area (Å²) in [5.74, 6) is 1.41. The molecule has 1 saturated heterocycles. The van der Waals surface area contributed by atoms with Crippen LogP contribution in [-0.4, -0.2) is 56.8 Å². The Bertz CT molecular complexity index is 671. The standard InChI is InChI=1S/C17H26N6O/c1-3-9-22(10-4-2)17(24)14-7-11-21(12-8-14)16-6-5-15-19-18-13-23(15)20-16/h5-6,13-14H,3-4,7-12H2,1-2H3. The summed E-state index contributed by atoms with van der Waals surface area (Å²) in [7, 11) is 0. The first-order valence-corrected chi connectivity index (χ1v) is 8.93. The van der Waals surface area contributed by atoms with E-state index in [0.717, 1.165) is 63.3 Å². The van der Waals surface area contributed by atoms with Crippen LogP contribution in [0, 0.1) is 5.92 Å². The quantitative estimate of drug-likeness (QED) is 0.810. The summed E-state index contributed by atoms with van der Waals surface area (Å²) in [5, 5.41) is 12.4. The van der Waals surface area contributed by atoms with Gasteiger partial charge >= 0.3 is 0 Å². The number of amides is 1. The number of aromatic nitrogens is 4. The minimum atomic E-state index is 0.151. The van der Waals surface area contributed by atoms with Crippen LogP contribution in [0.5, 0.6) is 0 Å². The second-order valence-corrected chi connectivity index (χ2v) is 6.41. The van der Waals surface area contributed by atoms with Crippen molar-refractivity contribution in [3.8, 4) is 0 Å². The van der Waals surface area contributed by atoms with Gasteiger partial charge in [-0.1, -0.05) is 13.8 Å². The molecule has 0 atom stereocenters. The van der Waals surface area contributed by atoms with Crippen LogP contribution < -0.4 is 4.90 Å². The Hall–Kier alpha value is -2.18. The van der Waals surface area contributed by atoms with Gasteiger partial charge in [0, 0.05) is 32.1 Å².